The molecule has 4 aromatic rings. The van der Waals surface area contributed by atoms with Crippen LogP contribution in [0.2, 0.25) is 0 Å². The highest BCUT2D eigenvalue weighted by atomic mass is 32.2. The number of carbonyl (C=O) groups is 1. The predicted octanol–water partition coefficient (Wildman–Crippen LogP) is 4.71. The van der Waals surface area contributed by atoms with Gasteiger partial charge in [0.15, 0.2) is 5.65 Å². The Balaban J connectivity index is 1.43. The Morgan fingerprint density at radius 3 is 2.63 bits per heavy atom. The average Bonchev–Trinajstić information content (AvgIpc) is 3.42. The lowest BCUT2D eigenvalue weighted by Gasteiger charge is -2.36. The quantitative estimate of drug-likeness (QED) is 0.292. The SMILES string of the molecule is Cc1ccc([C@@H](c2ccn3c(C(F)(F)F)nnc3c2C)C(C)C(=O)O)nc1CN1C[C@@H]2CCCCN2c2ncc(F)cc2S1(=O)=O. The highest BCUT2D eigenvalue weighted by molar-refractivity contribution is 7.89. The second-order valence-corrected chi connectivity index (χ2v) is 13.7. The largest absolute Gasteiger partial charge is 0.481 e. The summed E-state index contributed by atoms with van der Waals surface area (Å²) in [6, 6.07) is 5.54. The van der Waals surface area contributed by atoms with Crippen LogP contribution in [0.1, 0.15) is 66.0 Å². The Morgan fingerprint density at radius 2 is 1.91 bits per heavy atom. The third-order valence-electron chi connectivity index (χ3n) is 8.94. The van der Waals surface area contributed by atoms with Crippen LogP contribution in [0.3, 0.4) is 0 Å². The van der Waals surface area contributed by atoms with E-state index in [0.717, 1.165) is 42.1 Å². The lowest BCUT2D eigenvalue weighted by atomic mass is 9.82. The summed E-state index contributed by atoms with van der Waals surface area (Å²) < 4.78 is 85.0. The number of carboxylic acids is 1. The molecule has 0 saturated carbocycles. The third-order valence-corrected chi connectivity index (χ3v) is 10.8. The van der Waals surface area contributed by atoms with E-state index in [1.54, 1.807) is 26.0 Å². The molecule has 46 heavy (non-hydrogen) atoms. The van der Waals surface area contributed by atoms with Gasteiger partial charge in [0.2, 0.25) is 15.8 Å². The molecule has 6 heterocycles. The zero-order valence-electron chi connectivity index (χ0n) is 25.2. The van der Waals surface area contributed by atoms with Crippen LogP contribution in [-0.4, -0.2) is 67.5 Å². The van der Waals surface area contributed by atoms with Gasteiger partial charge in [0.1, 0.15) is 16.5 Å². The van der Waals surface area contributed by atoms with Gasteiger partial charge < -0.3 is 10.0 Å². The fourth-order valence-electron chi connectivity index (χ4n) is 6.45. The molecule has 1 saturated heterocycles. The van der Waals surface area contributed by atoms with Crippen molar-refractivity contribution in [2.75, 3.05) is 18.0 Å². The second kappa shape index (κ2) is 11.6. The molecule has 0 amide bonds. The van der Waals surface area contributed by atoms with Crippen LogP contribution in [-0.2, 0) is 27.5 Å². The van der Waals surface area contributed by atoms with Crippen LogP contribution >= 0.6 is 0 Å². The molecule has 2 aliphatic heterocycles. The van der Waals surface area contributed by atoms with Gasteiger partial charge in [0.05, 0.1) is 24.4 Å². The fraction of sp³-hybridized carbons (Fsp3) is 0.433. The van der Waals surface area contributed by atoms with Crippen molar-refractivity contribution >= 4 is 27.5 Å². The minimum Gasteiger partial charge on any atom is -0.481 e. The third kappa shape index (κ3) is 5.46. The molecule has 0 spiro atoms. The van der Waals surface area contributed by atoms with E-state index >= 15 is 0 Å². The molecule has 0 aliphatic carbocycles. The summed E-state index contributed by atoms with van der Waals surface area (Å²) in [5.41, 5.74) is 1.90. The second-order valence-electron chi connectivity index (χ2n) is 11.8. The van der Waals surface area contributed by atoms with Crippen molar-refractivity contribution in [3.05, 3.63) is 76.4 Å². The smallest absolute Gasteiger partial charge is 0.452 e. The summed E-state index contributed by atoms with van der Waals surface area (Å²) in [6.07, 6.45) is -0.126. The molecule has 6 rings (SSSR count). The minimum absolute atomic E-state index is 0.0769. The fourth-order valence-corrected chi connectivity index (χ4v) is 8.05. The van der Waals surface area contributed by atoms with Crippen molar-refractivity contribution < 1.29 is 35.9 Å². The number of sulfonamides is 1. The van der Waals surface area contributed by atoms with Crippen LogP contribution in [0.15, 0.2) is 41.6 Å². The van der Waals surface area contributed by atoms with Gasteiger partial charge in [-0.3, -0.25) is 14.2 Å². The Labute approximate surface area is 262 Å². The van der Waals surface area contributed by atoms with E-state index in [4.69, 9.17) is 4.98 Å². The first-order valence-electron chi connectivity index (χ1n) is 14.7. The van der Waals surface area contributed by atoms with Crippen LogP contribution in [0.4, 0.5) is 23.4 Å². The van der Waals surface area contributed by atoms with Gasteiger partial charge in [-0.15, -0.1) is 10.2 Å². The number of anilines is 1. The number of aliphatic carboxylic acids is 1. The molecule has 0 aromatic carbocycles. The van der Waals surface area contributed by atoms with Gasteiger partial charge in [-0.2, -0.15) is 17.5 Å². The predicted molar refractivity (Wildman–Crippen MR) is 157 cm³/mol. The molecule has 1 N–H and O–H groups in total. The standard InChI is InChI=1S/C30H31F4N7O4S/c1-16-7-8-22(25(18(3)28(42)43)21-9-11-41-26(17(21)2)37-38-29(41)30(32,33)34)36-23(16)15-39-14-20-6-4-5-10-40(20)27-24(46(39,44)45)12-19(31)13-35-27/h7-9,11-13,18,20,25H,4-6,10,14-15H2,1-3H3,(H,42,43)/t18?,20-,25+/m0/s1. The maximum atomic E-state index is 14.4. The first kappa shape index (κ1) is 31.8. The number of aromatic nitrogens is 5. The maximum Gasteiger partial charge on any atom is 0.452 e. The Bertz CT molecular complexity index is 1950. The van der Waals surface area contributed by atoms with Crippen molar-refractivity contribution in [1.82, 2.24) is 28.9 Å². The van der Waals surface area contributed by atoms with Crippen LogP contribution in [0.25, 0.3) is 5.65 Å². The molecular formula is C30H31F4N7O4S. The molecule has 1 fully saturated rings. The number of rotatable bonds is 6. The molecule has 2 aliphatic rings. The maximum absolute atomic E-state index is 14.4. The van der Waals surface area contributed by atoms with E-state index in [9.17, 15) is 35.9 Å². The summed E-state index contributed by atoms with van der Waals surface area (Å²) in [7, 11) is -4.23. The molecule has 11 nitrogen and oxygen atoms in total. The van der Waals surface area contributed by atoms with E-state index in [1.807, 2.05) is 4.90 Å². The van der Waals surface area contributed by atoms with E-state index in [2.05, 4.69) is 15.2 Å². The molecule has 0 bridgehead atoms. The van der Waals surface area contributed by atoms with E-state index in [-0.39, 0.29) is 41.2 Å². The minimum atomic E-state index is -4.75. The van der Waals surface area contributed by atoms with Gasteiger partial charge in [-0.25, -0.2) is 17.8 Å². The van der Waals surface area contributed by atoms with Crippen molar-refractivity contribution in [2.45, 2.75) is 69.6 Å². The van der Waals surface area contributed by atoms with Gasteiger partial charge in [0.25, 0.3) is 0 Å². The lowest BCUT2D eigenvalue weighted by Crippen LogP contribution is -2.45. The number of halogens is 4. The van der Waals surface area contributed by atoms with Crippen molar-refractivity contribution in [1.29, 1.82) is 0 Å². The van der Waals surface area contributed by atoms with Crippen molar-refractivity contribution in [3.63, 3.8) is 0 Å². The Kier molecular flexibility index (Phi) is 7.99. The van der Waals surface area contributed by atoms with Crippen LogP contribution in [0, 0.1) is 25.6 Å². The zero-order chi connectivity index (χ0) is 33.1. The highest BCUT2D eigenvalue weighted by Gasteiger charge is 2.41. The first-order chi connectivity index (χ1) is 21.7. The monoisotopic (exact) mass is 661 g/mol. The van der Waals surface area contributed by atoms with Gasteiger partial charge in [-0.05, 0) is 68.0 Å². The summed E-state index contributed by atoms with van der Waals surface area (Å²) in [5, 5.41) is 17.1. The first-order valence-corrected chi connectivity index (χ1v) is 16.2. The number of hydrogen-bond donors (Lipinski definition) is 1. The van der Waals surface area contributed by atoms with Crippen LogP contribution < -0.4 is 4.90 Å². The van der Waals surface area contributed by atoms with E-state index in [1.165, 1.54) is 17.3 Å². The van der Waals surface area contributed by atoms with Gasteiger partial charge in [-0.1, -0.05) is 13.0 Å². The summed E-state index contributed by atoms with van der Waals surface area (Å²) in [6.45, 7) is 5.29. The van der Waals surface area contributed by atoms with Gasteiger partial charge in [0, 0.05) is 36.9 Å². The number of carboxylic acid groups (broad SMARTS) is 1. The lowest BCUT2D eigenvalue weighted by molar-refractivity contribution is -0.145. The molecule has 3 atom stereocenters. The number of piperidine rings is 1. The highest BCUT2D eigenvalue weighted by Crippen LogP contribution is 2.38. The van der Waals surface area contributed by atoms with E-state index < -0.39 is 45.6 Å². The number of nitrogens with zero attached hydrogens (tertiary/aromatic N) is 7. The van der Waals surface area contributed by atoms with Crippen LogP contribution in [0.5, 0.6) is 0 Å². The Morgan fingerprint density at radius 1 is 1.15 bits per heavy atom. The molecular weight excluding hydrogens is 630 g/mol. The topological polar surface area (TPSA) is 134 Å². The zero-order valence-corrected chi connectivity index (χ0v) is 26.0. The molecule has 244 valence electrons. The number of aryl methyl sites for hydroxylation is 2. The summed E-state index contributed by atoms with van der Waals surface area (Å²) in [5.74, 6) is -4.93. The Hall–Kier alpha value is -4.18. The average molecular weight is 662 g/mol. The van der Waals surface area contributed by atoms with Crippen molar-refractivity contribution in [2.24, 2.45) is 5.92 Å². The number of hydrogen-bond acceptors (Lipinski definition) is 8. The van der Waals surface area contributed by atoms with Gasteiger partial charge >= 0.3 is 12.1 Å². The summed E-state index contributed by atoms with van der Waals surface area (Å²) in [4.78, 5) is 23.0. The number of pyridine rings is 3. The number of fused-ring (bicyclic) bond motifs is 4. The normalized spacial score (nSPS) is 19.7. The molecule has 16 heteroatoms. The molecule has 4 aromatic heterocycles. The summed E-state index contributed by atoms with van der Waals surface area (Å²) >= 11 is 0. The molecule has 1 unspecified atom stereocenters. The number of alkyl halides is 3. The van der Waals surface area contributed by atoms with E-state index in [0.29, 0.717) is 28.9 Å². The van der Waals surface area contributed by atoms with Crippen molar-refractivity contribution in [3.8, 4) is 0 Å². The molecule has 0 radical (unpaired) electrons.